The Hall–Kier alpha value is -3.87. The summed E-state index contributed by atoms with van der Waals surface area (Å²) >= 11 is 0. The number of piperidine rings is 1. The summed E-state index contributed by atoms with van der Waals surface area (Å²) < 4.78 is 21.6. The third-order valence-electron chi connectivity index (χ3n) is 6.50. The van der Waals surface area contributed by atoms with Crippen LogP contribution in [0.2, 0.25) is 0 Å². The van der Waals surface area contributed by atoms with Gasteiger partial charge in [-0.3, -0.25) is 9.59 Å². The minimum atomic E-state index is -0.290. The summed E-state index contributed by atoms with van der Waals surface area (Å²) in [5.41, 5.74) is 2.77. The number of benzene rings is 2. The van der Waals surface area contributed by atoms with Gasteiger partial charge in [0.2, 0.25) is 0 Å². The number of likely N-dealkylation sites (tertiary alicyclic amines) is 1. The number of furan rings is 1. The molecule has 4 aromatic rings. The molecule has 3 heterocycles. The third kappa shape index (κ3) is 4.21. The lowest BCUT2D eigenvalue weighted by Gasteiger charge is -2.32. The highest BCUT2D eigenvalue weighted by molar-refractivity contribution is 5.99. The molecule has 0 radical (unpaired) electrons. The number of nitrogens with zero attached hydrogens (tertiary/aromatic N) is 2. The van der Waals surface area contributed by atoms with E-state index in [1.54, 1.807) is 24.3 Å². The first-order valence-electron chi connectivity index (χ1n) is 11.5. The number of amides is 2. The molecule has 2 aromatic heterocycles. The lowest BCUT2D eigenvalue weighted by atomic mass is 10.0. The van der Waals surface area contributed by atoms with Gasteiger partial charge < -0.3 is 19.2 Å². The second kappa shape index (κ2) is 9.17. The summed E-state index contributed by atoms with van der Waals surface area (Å²) in [4.78, 5) is 27.8. The van der Waals surface area contributed by atoms with Gasteiger partial charge in [-0.05, 0) is 44.0 Å². The number of para-hydroxylation sites is 1. The maximum atomic E-state index is 14.4. The number of aromatic nitrogens is 1. The zero-order chi connectivity index (χ0) is 23.7. The molecule has 0 aliphatic carbocycles. The molecule has 1 fully saturated rings. The topological polar surface area (TPSA) is 67.5 Å². The Morgan fingerprint density at radius 3 is 2.53 bits per heavy atom. The summed E-state index contributed by atoms with van der Waals surface area (Å²) in [7, 11) is 0. The van der Waals surface area contributed by atoms with Gasteiger partial charge in [-0.15, -0.1) is 0 Å². The van der Waals surface area contributed by atoms with Gasteiger partial charge in [-0.1, -0.05) is 36.4 Å². The number of carbonyl (C=O) groups is 2. The zero-order valence-corrected chi connectivity index (χ0v) is 19.0. The van der Waals surface area contributed by atoms with Crippen molar-refractivity contribution in [2.45, 2.75) is 32.4 Å². The molecule has 5 rings (SSSR count). The minimum absolute atomic E-state index is 0.0228. The summed E-state index contributed by atoms with van der Waals surface area (Å²) in [6.07, 6.45) is 2.82. The molecule has 6 nitrogen and oxygen atoms in total. The number of halogens is 1. The van der Waals surface area contributed by atoms with Crippen LogP contribution in [0.5, 0.6) is 0 Å². The average Bonchev–Trinajstić information content (AvgIpc) is 3.44. The van der Waals surface area contributed by atoms with Crippen molar-refractivity contribution in [3.05, 3.63) is 95.3 Å². The number of hydrogen-bond donors (Lipinski definition) is 1. The molecule has 2 amide bonds. The van der Waals surface area contributed by atoms with Gasteiger partial charge in [-0.2, -0.15) is 0 Å². The summed E-state index contributed by atoms with van der Waals surface area (Å²) in [6, 6.07) is 18.0. The first-order chi connectivity index (χ1) is 16.5. The molecule has 1 saturated heterocycles. The van der Waals surface area contributed by atoms with E-state index in [4.69, 9.17) is 4.42 Å². The van der Waals surface area contributed by atoms with E-state index in [-0.39, 0.29) is 30.2 Å². The van der Waals surface area contributed by atoms with E-state index in [1.807, 2.05) is 46.7 Å². The number of fused-ring (bicyclic) bond motifs is 1. The smallest absolute Gasteiger partial charge is 0.287 e. The summed E-state index contributed by atoms with van der Waals surface area (Å²) in [6.45, 7) is 3.17. The summed E-state index contributed by atoms with van der Waals surface area (Å²) in [5, 5.41) is 3.96. The Morgan fingerprint density at radius 2 is 1.79 bits per heavy atom. The van der Waals surface area contributed by atoms with Crippen molar-refractivity contribution in [2.75, 3.05) is 13.1 Å². The molecule has 0 spiro atoms. The van der Waals surface area contributed by atoms with Crippen LogP contribution in [0.25, 0.3) is 10.9 Å². The number of hydrogen-bond acceptors (Lipinski definition) is 3. The second-order valence-corrected chi connectivity index (χ2v) is 8.74. The molecule has 7 heteroatoms. The molecule has 0 atom stereocenters. The van der Waals surface area contributed by atoms with E-state index in [9.17, 15) is 14.0 Å². The van der Waals surface area contributed by atoms with Crippen LogP contribution in [0.15, 0.2) is 71.3 Å². The quantitative estimate of drug-likeness (QED) is 0.468. The van der Waals surface area contributed by atoms with Crippen LogP contribution in [0.4, 0.5) is 4.39 Å². The molecule has 0 saturated carbocycles. The van der Waals surface area contributed by atoms with E-state index < -0.39 is 0 Å². The lowest BCUT2D eigenvalue weighted by Crippen LogP contribution is -2.47. The fraction of sp³-hybridized carbons (Fsp3) is 0.259. The van der Waals surface area contributed by atoms with Crippen molar-refractivity contribution >= 4 is 22.7 Å². The van der Waals surface area contributed by atoms with Crippen LogP contribution < -0.4 is 5.32 Å². The minimum Gasteiger partial charge on any atom is -0.459 e. The van der Waals surface area contributed by atoms with Gasteiger partial charge in [-0.25, -0.2) is 4.39 Å². The number of aryl methyl sites for hydroxylation is 1. The van der Waals surface area contributed by atoms with E-state index in [0.29, 0.717) is 42.9 Å². The molecule has 1 aliphatic heterocycles. The van der Waals surface area contributed by atoms with Crippen LogP contribution in [0.3, 0.4) is 0 Å². The molecular weight excluding hydrogens is 433 g/mol. The van der Waals surface area contributed by atoms with Gasteiger partial charge in [0.1, 0.15) is 11.5 Å². The normalized spacial score (nSPS) is 14.5. The van der Waals surface area contributed by atoms with Crippen molar-refractivity contribution in [1.29, 1.82) is 0 Å². The van der Waals surface area contributed by atoms with Gasteiger partial charge in [0, 0.05) is 41.2 Å². The molecule has 0 unspecified atom stereocenters. The van der Waals surface area contributed by atoms with Crippen molar-refractivity contribution in [2.24, 2.45) is 0 Å². The van der Waals surface area contributed by atoms with Crippen molar-refractivity contribution in [1.82, 2.24) is 14.8 Å². The van der Waals surface area contributed by atoms with E-state index in [1.165, 1.54) is 12.3 Å². The summed E-state index contributed by atoms with van der Waals surface area (Å²) in [5.74, 6) is -0.269. The Balaban J connectivity index is 1.33. The number of rotatable bonds is 5. The van der Waals surface area contributed by atoms with Crippen molar-refractivity contribution in [3.8, 4) is 0 Å². The lowest BCUT2D eigenvalue weighted by molar-refractivity contribution is 0.0686. The van der Waals surface area contributed by atoms with E-state index in [2.05, 4.69) is 5.32 Å². The molecule has 1 N–H and O–H groups in total. The van der Waals surface area contributed by atoms with Crippen LogP contribution >= 0.6 is 0 Å². The molecule has 174 valence electrons. The standard InChI is InChI=1S/C27H26FN3O3/c1-18-12-15-34-25(18)26(32)29-21-10-13-30(14-11-21)27(33)24-16-19-6-3-5-9-23(19)31(24)17-20-7-2-4-8-22(20)28/h2-9,12,15-16,21H,10-11,13-14,17H2,1H3,(H,29,32). The van der Waals surface area contributed by atoms with Crippen LogP contribution in [-0.2, 0) is 6.54 Å². The predicted octanol–water partition coefficient (Wildman–Crippen LogP) is 4.76. The Labute approximate surface area is 197 Å². The molecule has 1 aliphatic rings. The monoisotopic (exact) mass is 459 g/mol. The van der Waals surface area contributed by atoms with Gasteiger partial charge in [0.25, 0.3) is 11.8 Å². The van der Waals surface area contributed by atoms with E-state index >= 15 is 0 Å². The number of nitrogens with one attached hydrogen (secondary N) is 1. The van der Waals surface area contributed by atoms with Gasteiger partial charge >= 0.3 is 0 Å². The maximum Gasteiger partial charge on any atom is 0.287 e. The highest BCUT2D eigenvalue weighted by atomic mass is 19.1. The SMILES string of the molecule is Cc1ccoc1C(=O)NC1CCN(C(=O)c2cc3ccccc3n2Cc2ccccc2F)CC1. The fourth-order valence-corrected chi connectivity index (χ4v) is 4.60. The molecule has 2 aromatic carbocycles. The highest BCUT2D eigenvalue weighted by Crippen LogP contribution is 2.25. The largest absolute Gasteiger partial charge is 0.459 e. The first-order valence-corrected chi connectivity index (χ1v) is 11.5. The third-order valence-corrected chi connectivity index (χ3v) is 6.50. The average molecular weight is 460 g/mol. The molecule has 0 bridgehead atoms. The van der Waals surface area contributed by atoms with Gasteiger partial charge in [0.15, 0.2) is 5.76 Å². The highest BCUT2D eigenvalue weighted by Gasteiger charge is 2.28. The molecular formula is C27H26FN3O3. The van der Waals surface area contributed by atoms with Crippen molar-refractivity contribution < 1.29 is 18.4 Å². The van der Waals surface area contributed by atoms with Crippen LogP contribution in [0, 0.1) is 12.7 Å². The Bertz CT molecular complexity index is 1350. The Kier molecular flexibility index (Phi) is 5.92. The van der Waals surface area contributed by atoms with E-state index in [0.717, 1.165) is 16.5 Å². The van der Waals surface area contributed by atoms with Gasteiger partial charge in [0.05, 0.1) is 12.8 Å². The maximum absolute atomic E-state index is 14.4. The Morgan fingerprint density at radius 1 is 1.06 bits per heavy atom. The van der Waals surface area contributed by atoms with Crippen molar-refractivity contribution in [3.63, 3.8) is 0 Å². The fourth-order valence-electron chi connectivity index (χ4n) is 4.60. The van der Waals surface area contributed by atoms with Crippen LogP contribution in [-0.4, -0.2) is 40.4 Å². The molecule has 34 heavy (non-hydrogen) atoms. The first kappa shape index (κ1) is 21.9. The zero-order valence-electron chi connectivity index (χ0n) is 19.0. The van der Waals surface area contributed by atoms with Crippen LogP contribution in [0.1, 0.15) is 45.0 Å². The number of carbonyl (C=O) groups excluding carboxylic acids is 2. The second-order valence-electron chi connectivity index (χ2n) is 8.74. The predicted molar refractivity (Wildman–Crippen MR) is 127 cm³/mol.